The van der Waals surface area contributed by atoms with E-state index in [1.807, 2.05) is 0 Å². The summed E-state index contributed by atoms with van der Waals surface area (Å²) in [6, 6.07) is 3.06. The van der Waals surface area contributed by atoms with Crippen LogP contribution in [0.25, 0.3) is 0 Å². The van der Waals surface area contributed by atoms with Crippen LogP contribution in [0.1, 0.15) is 18.5 Å². The van der Waals surface area contributed by atoms with Crippen LogP contribution >= 0.6 is 11.8 Å². The van der Waals surface area contributed by atoms with Crippen molar-refractivity contribution in [2.45, 2.75) is 24.4 Å². The van der Waals surface area contributed by atoms with E-state index >= 15 is 0 Å². The minimum absolute atomic E-state index is 0.00744. The molecule has 0 spiro atoms. The molecule has 6 N–H and O–H groups in total. The quantitative estimate of drug-likeness (QED) is 0.466. The van der Waals surface area contributed by atoms with Crippen molar-refractivity contribution in [1.82, 2.24) is 5.32 Å². The lowest BCUT2D eigenvalue weighted by Gasteiger charge is -2.28. The van der Waals surface area contributed by atoms with Gasteiger partial charge in [0.2, 0.25) is 5.91 Å². The van der Waals surface area contributed by atoms with E-state index in [9.17, 15) is 29.7 Å². The first-order chi connectivity index (χ1) is 12.2. The van der Waals surface area contributed by atoms with E-state index in [1.54, 1.807) is 6.92 Å². The highest BCUT2D eigenvalue weighted by atomic mass is 32.2. The molecule has 0 saturated heterocycles. The van der Waals surface area contributed by atoms with Crippen molar-refractivity contribution in [3.8, 4) is 5.75 Å². The van der Waals surface area contributed by atoms with Gasteiger partial charge in [-0.1, -0.05) is 19.1 Å². The Morgan fingerprint density at radius 3 is 2.42 bits per heavy atom. The van der Waals surface area contributed by atoms with Gasteiger partial charge in [-0.05, 0) is 17.7 Å². The van der Waals surface area contributed by atoms with Gasteiger partial charge in [-0.3, -0.25) is 9.79 Å². The largest absolute Gasteiger partial charge is 0.508 e. The Morgan fingerprint density at radius 2 is 1.88 bits per heavy atom. The maximum Gasteiger partial charge on any atom is 0.350 e. The molecule has 1 aromatic carbocycles. The maximum absolute atomic E-state index is 12.3. The van der Waals surface area contributed by atoms with E-state index in [-0.39, 0.29) is 17.4 Å². The van der Waals surface area contributed by atoms with Crippen LogP contribution in [0.2, 0.25) is 0 Å². The Labute approximate surface area is 153 Å². The number of aliphatic carboxylic acids is 2. The number of thioether (sulfide) groups is 1. The lowest BCUT2D eigenvalue weighted by molar-refractivity contribution is -0.142. The number of amides is 1. The summed E-state index contributed by atoms with van der Waals surface area (Å²) in [5, 5.41) is 29.2. The minimum Gasteiger partial charge on any atom is -0.508 e. The highest BCUT2D eigenvalue weighted by molar-refractivity contribution is 8.00. The van der Waals surface area contributed by atoms with E-state index in [0.717, 1.165) is 11.8 Å². The van der Waals surface area contributed by atoms with E-state index in [4.69, 9.17) is 5.73 Å². The Bertz CT molecular complexity index is 736. The van der Waals surface area contributed by atoms with Crippen LogP contribution < -0.4 is 11.1 Å². The molecule has 2 rings (SSSR count). The Hall–Kier alpha value is -2.59. The monoisotopic (exact) mass is 381 g/mol. The third-order valence-corrected chi connectivity index (χ3v) is 5.26. The van der Waals surface area contributed by atoms with Gasteiger partial charge in [0.05, 0.1) is 0 Å². The van der Waals surface area contributed by atoms with Crippen molar-refractivity contribution in [3.63, 3.8) is 0 Å². The third kappa shape index (κ3) is 4.52. The lowest BCUT2D eigenvalue weighted by Crippen LogP contribution is -2.51. The number of aliphatic imine (C=N–C) groups is 1. The van der Waals surface area contributed by atoms with Crippen LogP contribution in [0.3, 0.4) is 0 Å². The summed E-state index contributed by atoms with van der Waals surface area (Å²) in [6.45, 7) is 1.69. The molecule has 1 aliphatic heterocycles. The summed E-state index contributed by atoms with van der Waals surface area (Å²) in [6.07, 6.45) is 0. The number of carboxylic acid groups (broad SMARTS) is 2. The van der Waals surface area contributed by atoms with Crippen LogP contribution in [0, 0.1) is 5.92 Å². The minimum atomic E-state index is -1.42. The molecular weight excluding hydrogens is 362 g/mol. The molecule has 1 aromatic rings. The summed E-state index contributed by atoms with van der Waals surface area (Å²) >= 11 is 1.16. The molecule has 0 fully saturated rings. The molecule has 1 unspecified atom stereocenters. The number of carboxylic acids is 2. The highest BCUT2D eigenvalue weighted by Gasteiger charge is 2.36. The summed E-state index contributed by atoms with van der Waals surface area (Å²) in [5.41, 5.74) is 6.12. The van der Waals surface area contributed by atoms with E-state index in [2.05, 4.69) is 10.3 Å². The van der Waals surface area contributed by atoms with Gasteiger partial charge in [-0.25, -0.2) is 9.59 Å². The topological polar surface area (TPSA) is 162 Å². The molecule has 26 heavy (non-hydrogen) atoms. The molecule has 0 aromatic heterocycles. The molecule has 9 nitrogen and oxygen atoms in total. The molecule has 4 atom stereocenters. The fraction of sp³-hybridized carbons (Fsp3) is 0.375. The number of benzene rings is 1. The van der Waals surface area contributed by atoms with Crippen LogP contribution in [-0.2, 0) is 14.4 Å². The molecule has 1 heterocycles. The number of carbonyl (C=O) groups is 3. The van der Waals surface area contributed by atoms with E-state index in [1.165, 1.54) is 24.3 Å². The number of hydrogen-bond acceptors (Lipinski definition) is 7. The molecule has 1 amide bonds. The number of phenolic OH excluding ortho intramolecular Hbond substituents is 1. The molecule has 140 valence electrons. The summed E-state index contributed by atoms with van der Waals surface area (Å²) < 4.78 is 0. The molecule has 10 heteroatoms. The van der Waals surface area contributed by atoms with Crippen molar-refractivity contribution in [2.75, 3.05) is 5.75 Å². The zero-order valence-electron chi connectivity index (χ0n) is 13.8. The molecule has 0 radical (unpaired) electrons. The third-order valence-electron chi connectivity index (χ3n) is 3.85. The smallest absolute Gasteiger partial charge is 0.350 e. The number of nitrogens with zero attached hydrogens (tertiary/aromatic N) is 1. The second-order valence-corrected chi connectivity index (χ2v) is 6.99. The Balaban J connectivity index is 2.17. The van der Waals surface area contributed by atoms with E-state index < -0.39 is 35.3 Å². The number of hydrogen-bond donors (Lipinski definition) is 5. The standard InChI is InChI=1S/C16H19N3O6S/c1-7-6-26-14(19-11(7)15(22)23)12(16(24)25)18-13(21)10(17)8-2-4-9(20)5-3-8/h2-5,7,10,12,14,20H,6,17H2,1H3,(H,18,21)(H,22,23)(H,24,25)/t7?,10-,12+,14-/m1/s1. The van der Waals surface area contributed by atoms with Crippen molar-refractivity contribution < 1.29 is 29.7 Å². The van der Waals surface area contributed by atoms with Crippen molar-refractivity contribution in [1.29, 1.82) is 0 Å². The Kier molecular flexibility index (Phi) is 6.22. The summed E-state index contributed by atoms with van der Waals surface area (Å²) in [4.78, 5) is 39.1. The average Bonchev–Trinajstić information content (AvgIpc) is 2.59. The van der Waals surface area contributed by atoms with Crippen LogP contribution in [-0.4, -0.2) is 56.0 Å². The Morgan fingerprint density at radius 1 is 1.27 bits per heavy atom. The average molecular weight is 381 g/mol. The lowest BCUT2D eigenvalue weighted by atomic mass is 10.1. The van der Waals surface area contributed by atoms with E-state index in [0.29, 0.717) is 11.3 Å². The molecule has 0 aliphatic carbocycles. The number of aromatic hydroxyl groups is 1. The molecule has 1 aliphatic rings. The molecule has 0 bridgehead atoms. The molecule has 0 saturated carbocycles. The van der Waals surface area contributed by atoms with Crippen LogP contribution in [0.5, 0.6) is 5.75 Å². The first kappa shape index (κ1) is 19.7. The number of nitrogens with two attached hydrogens (primary N) is 1. The fourth-order valence-electron chi connectivity index (χ4n) is 2.39. The zero-order valence-corrected chi connectivity index (χ0v) is 14.6. The first-order valence-electron chi connectivity index (χ1n) is 7.71. The second kappa shape index (κ2) is 8.19. The fourth-order valence-corrected chi connectivity index (χ4v) is 3.60. The van der Waals surface area contributed by atoms with Crippen molar-refractivity contribution in [3.05, 3.63) is 29.8 Å². The molecular formula is C16H19N3O6S. The predicted molar refractivity (Wildman–Crippen MR) is 95.1 cm³/mol. The van der Waals surface area contributed by atoms with Crippen molar-refractivity contribution in [2.24, 2.45) is 16.6 Å². The van der Waals surface area contributed by atoms with Gasteiger partial charge in [0, 0.05) is 11.7 Å². The van der Waals surface area contributed by atoms with Crippen LogP contribution in [0.4, 0.5) is 0 Å². The van der Waals surface area contributed by atoms with Gasteiger partial charge >= 0.3 is 11.9 Å². The number of phenols is 1. The predicted octanol–water partition coefficient (Wildman–Crippen LogP) is 0.196. The van der Waals surface area contributed by atoms with Gasteiger partial charge < -0.3 is 26.4 Å². The summed E-state index contributed by atoms with van der Waals surface area (Å²) in [5.74, 6) is -3.23. The first-order valence-corrected chi connectivity index (χ1v) is 8.76. The van der Waals surface area contributed by atoms with Gasteiger partial charge in [0.25, 0.3) is 0 Å². The normalized spacial score (nSPS) is 22.0. The second-order valence-electron chi connectivity index (χ2n) is 5.84. The van der Waals surface area contributed by atoms with Crippen LogP contribution in [0.15, 0.2) is 29.3 Å². The summed E-state index contributed by atoms with van der Waals surface area (Å²) in [7, 11) is 0. The zero-order chi connectivity index (χ0) is 19.4. The van der Waals surface area contributed by atoms with Gasteiger partial charge in [-0.15, -0.1) is 11.8 Å². The van der Waals surface area contributed by atoms with Gasteiger partial charge in [0.15, 0.2) is 6.04 Å². The highest BCUT2D eigenvalue weighted by Crippen LogP contribution is 2.27. The number of nitrogens with one attached hydrogen (secondary N) is 1. The van der Waals surface area contributed by atoms with Crippen molar-refractivity contribution >= 4 is 35.3 Å². The number of rotatable bonds is 6. The van der Waals surface area contributed by atoms with Gasteiger partial charge in [-0.2, -0.15) is 0 Å². The maximum atomic E-state index is 12.3. The SMILES string of the molecule is CC1CS[C@H]([C@H](NC(=O)[C@H](N)c2ccc(O)cc2)C(=O)O)N=C1C(=O)O. The van der Waals surface area contributed by atoms with Gasteiger partial charge in [0.1, 0.15) is 22.9 Å². The number of carbonyl (C=O) groups excluding carboxylic acids is 1.